The Bertz CT molecular complexity index is 1530. The number of phosphoric ester groups is 1. The number of amides is 1. The maximum Gasteiger partial charge on any atom is 0.472 e. The average Bonchev–Trinajstić information content (AvgIpc) is 3.38. The molecule has 0 bridgehead atoms. The maximum atomic E-state index is 13.5. The van der Waals surface area contributed by atoms with Crippen LogP contribution in [0.1, 0.15) is 284 Å². The standard InChI is InChI=1S/C66H121N2O7P/c1-7-10-13-16-19-22-25-28-29-30-31-32-33-34-35-36-37-38-39-41-44-47-50-53-56-59-66(70)75-64(57-54-51-48-45-42-27-24-21-18-15-12-9-3)63(62-74-76(71,72)73-61-60-68(4,5)6)67-65(69)58-55-52-49-46-43-40-26-23-20-17-14-11-8-2/h19,22,28-29,31-32,40,43,49,52,54,57,63-64H,7-18,20-21,23-27,30,33-39,41-42,44-48,50-51,53,55-56,58-62H2,1-6H3,(H-,67,69,71,72)/p+1/b22-19-,29-28-,32-31-,43-40-,52-49+,57-54-. The molecule has 0 aliphatic rings. The third kappa shape index (κ3) is 56.2. The van der Waals surface area contributed by atoms with Gasteiger partial charge in [-0.2, -0.15) is 0 Å². The number of likely N-dealkylation sites (N-methyl/N-ethyl adjacent to an activating group) is 1. The molecule has 10 heteroatoms. The van der Waals surface area contributed by atoms with E-state index in [-0.39, 0.29) is 37.9 Å². The van der Waals surface area contributed by atoms with E-state index in [2.05, 4.69) is 80.8 Å². The highest BCUT2D eigenvalue weighted by atomic mass is 31.2. The minimum Gasteiger partial charge on any atom is -0.456 e. The Morgan fingerprint density at radius 3 is 1.25 bits per heavy atom. The molecule has 3 unspecified atom stereocenters. The zero-order valence-corrected chi connectivity index (χ0v) is 51.4. The van der Waals surface area contributed by atoms with Gasteiger partial charge in [-0.05, 0) is 89.5 Å². The van der Waals surface area contributed by atoms with Gasteiger partial charge in [0.25, 0.3) is 0 Å². The third-order valence-corrected chi connectivity index (χ3v) is 14.9. The van der Waals surface area contributed by atoms with Gasteiger partial charge < -0.3 is 19.4 Å². The van der Waals surface area contributed by atoms with E-state index in [1.54, 1.807) is 0 Å². The van der Waals surface area contributed by atoms with Gasteiger partial charge in [-0.25, -0.2) is 4.57 Å². The summed E-state index contributed by atoms with van der Waals surface area (Å²) in [5, 5.41) is 3.01. The van der Waals surface area contributed by atoms with Crippen LogP contribution in [0.3, 0.4) is 0 Å². The van der Waals surface area contributed by atoms with Crippen LogP contribution in [0.5, 0.6) is 0 Å². The van der Waals surface area contributed by atoms with Gasteiger partial charge in [0.1, 0.15) is 19.3 Å². The molecule has 442 valence electrons. The summed E-state index contributed by atoms with van der Waals surface area (Å²) in [7, 11) is 1.46. The number of quaternary nitrogens is 1. The molecule has 3 atom stereocenters. The lowest BCUT2D eigenvalue weighted by atomic mass is 10.0. The van der Waals surface area contributed by atoms with Gasteiger partial charge in [0.15, 0.2) is 0 Å². The number of esters is 1. The molecule has 2 N–H and O–H groups in total. The van der Waals surface area contributed by atoms with E-state index in [1.165, 1.54) is 180 Å². The highest BCUT2D eigenvalue weighted by Crippen LogP contribution is 2.43. The van der Waals surface area contributed by atoms with Gasteiger partial charge in [-0.15, -0.1) is 0 Å². The van der Waals surface area contributed by atoms with Crippen LogP contribution in [-0.2, 0) is 27.9 Å². The van der Waals surface area contributed by atoms with Crippen molar-refractivity contribution in [3.8, 4) is 0 Å². The highest BCUT2D eigenvalue weighted by molar-refractivity contribution is 7.47. The number of ether oxygens (including phenoxy) is 1. The fourth-order valence-corrected chi connectivity index (χ4v) is 9.67. The summed E-state index contributed by atoms with van der Waals surface area (Å²) in [6, 6.07) is -0.880. The first kappa shape index (κ1) is 73.5. The van der Waals surface area contributed by atoms with E-state index in [0.29, 0.717) is 17.4 Å². The van der Waals surface area contributed by atoms with Gasteiger partial charge in [0.05, 0.1) is 33.8 Å². The number of rotatable bonds is 57. The first-order valence-electron chi connectivity index (χ1n) is 31.8. The van der Waals surface area contributed by atoms with Crippen LogP contribution in [0.15, 0.2) is 72.9 Å². The zero-order valence-electron chi connectivity index (χ0n) is 50.5. The average molecular weight is 1090 g/mol. The van der Waals surface area contributed by atoms with Crippen molar-refractivity contribution in [3.63, 3.8) is 0 Å². The summed E-state index contributed by atoms with van der Waals surface area (Å²) in [6.45, 7) is 6.94. The Morgan fingerprint density at radius 1 is 0.461 bits per heavy atom. The fourth-order valence-electron chi connectivity index (χ4n) is 8.94. The van der Waals surface area contributed by atoms with Gasteiger partial charge in [-0.3, -0.25) is 18.6 Å². The van der Waals surface area contributed by atoms with E-state index in [1.807, 2.05) is 39.4 Å². The Balaban J connectivity index is 5.15. The minimum atomic E-state index is -4.46. The first-order valence-corrected chi connectivity index (χ1v) is 33.3. The predicted molar refractivity (Wildman–Crippen MR) is 328 cm³/mol. The lowest BCUT2D eigenvalue weighted by molar-refractivity contribution is -0.870. The van der Waals surface area contributed by atoms with Gasteiger partial charge in [0.2, 0.25) is 5.91 Å². The molecule has 0 aromatic rings. The number of nitrogens with zero attached hydrogens (tertiary/aromatic N) is 1. The molecule has 0 saturated carbocycles. The van der Waals surface area contributed by atoms with E-state index >= 15 is 0 Å². The largest absolute Gasteiger partial charge is 0.472 e. The van der Waals surface area contributed by atoms with Crippen LogP contribution >= 0.6 is 7.82 Å². The molecular weight excluding hydrogens is 964 g/mol. The number of phosphoric acid groups is 1. The molecule has 1 amide bonds. The lowest BCUT2D eigenvalue weighted by Gasteiger charge is -2.27. The Labute approximate surface area is 470 Å². The van der Waals surface area contributed by atoms with Crippen LogP contribution in [0.2, 0.25) is 0 Å². The molecule has 0 aliphatic heterocycles. The van der Waals surface area contributed by atoms with Crippen molar-refractivity contribution in [1.82, 2.24) is 5.32 Å². The number of unbranched alkanes of at least 4 members (excludes halogenated alkanes) is 31. The predicted octanol–water partition coefficient (Wildman–Crippen LogP) is 19.6. The molecule has 76 heavy (non-hydrogen) atoms. The summed E-state index contributed by atoms with van der Waals surface area (Å²) in [6.07, 6.45) is 72.1. The summed E-state index contributed by atoms with van der Waals surface area (Å²) >= 11 is 0. The maximum absolute atomic E-state index is 13.5. The van der Waals surface area contributed by atoms with Crippen molar-refractivity contribution in [3.05, 3.63) is 72.9 Å². The number of nitrogens with one attached hydrogen (secondary N) is 1. The van der Waals surface area contributed by atoms with Crippen molar-refractivity contribution in [1.29, 1.82) is 0 Å². The molecule has 0 rings (SSSR count). The number of carbonyl (C=O) groups is 2. The van der Waals surface area contributed by atoms with E-state index in [9.17, 15) is 19.0 Å². The quantitative estimate of drug-likeness (QED) is 0.0205. The Kier molecular flexibility index (Phi) is 53.9. The molecule has 0 radical (unpaired) electrons. The molecular formula is C66H122N2O7P+. The zero-order chi connectivity index (χ0) is 55.7. The van der Waals surface area contributed by atoms with E-state index in [4.69, 9.17) is 13.8 Å². The fraction of sp³-hybridized carbons (Fsp3) is 0.788. The number of carbonyl (C=O) groups excluding carboxylic acids is 2. The van der Waals surface area contributed by atoms with Crippen LogP contribution in [0.4, 0.5) is 0 Å². The van der Waals surface area contributed by atoms with Crippen LogP contribution in [0.25, 0.3) is 0 Å². The lowest BCUT2D eigenvalue weighted by Crippen LogP contribution is -2.47. The molecule has 0 aromatic carbocycles. The first-order chi connectivity index (χ1) is 36.9. The molecule has 9 nitrogen and oxygen atoms in total. The van der Waals surface area contributed by atoms with Gasteiger partial charge in [-0.1, -0.05) is 255 Å². The minimum absolute atomic E-state index is 0.0293. The van der Waals surface area contributed by atoms with Gasteiger partial charge in [0, 0.05) is 12.8 Å². The highest BCUT2D eigenvalue weighted by Gasteiger charge is 2.30. The molecule has 0 aromatic heterocycles. The Hall–Kier alpha value is -2.55. The second-order valence-corrected chi connectivity index (χ2v) is 24.0. The molecule has 0 aliphatic carbocycles. The number of hydrogen-bond donors (Lipinski definition) is 2. The van der Waals surface area contributed by atoms with Crippen LogP contribution < -0.4 is 5.32 Å². The molecule has 0 fully saturated rings. The van der Waals surface area contributed by atoms with Crippen LogP contribution in [-0.4, -0.2) is 74.3 Å². The summed E-state index contributed by atoms with van der Waals surface area (Å²) in [5.74, 6) is -0.582. The van der Waals surface area contributed by atoms with Crippen molar-refractivity contribution < 1.29 is 37.3 Å². The van der Waals surface area contributed by atoms with E-state index < -0.39 is 20.0 Å². The second-order valence-electron chi connectivity index (χ2n) is 22.6. The van der Waals surface area contributed by atoms with E-state index in [0.717, 1.165) is 64.2 Å². The number of allylic oxidation sites excluding steroid dienone is 11. The third-order valence-electron chi connectivity index (χ3n) is 13.9. The van der Waals surface area contributed by atoms with Gasteiger partial charge >= 0.3 is 13.8 Å². The topological polar surface area (TPSA) is 111 Å². The Morgan fingerprint density at radius 2 is 0.816 bits per heavy atom. The van der Waals surface area contributed by atoms with Crippen molar-refractivity contribution in [2.75, 3.05) is 40.9 Å². The smallest absolute Gasteiger partial charge is 0.456 e. The SMILES string of the molecule is CCCCC/C=C\C/C=C\C/C=C\CCCCCCCCCCCCCCC(=O)OC(/C=C\CCCCCCCCCCCC)C(COP(=O)(O)OCC[N+](C)(C)C)NC(=O)CC/C=C/C/C=C\CCCCCCCC. The van der Waals surface area contributed by atoms with Crippen LogP contribution in [0, 0.1) is 0 Å². The number of hydrogen-bond acceptors (Lipinski definition) is 6. The summed E-state index contributed by atoms with van der Waals surface area (Å²) in [5.41, 5.74) is 0. The molecule has 0 spiro atoms. The van der Waals surface area contributed by atoms with Crippen molar-refractivity contribution >= 4 is 19.7 Å². The summed E-state index contributed by atoms with van der Waals surface area (Å²) < 4.78 is 30.6. The van der Waals surface area contributed by atoms with Crippen molar-refractivity contribution in [2.24, 2.45) is 0 Å². The molecule has 0 heterocycles. The van der Waals surface area contributed by atoms with Crippen molar-refractivity contribution in [2.45, 2.75) is 296 Å². The normalized spacial score (nSPS) is 14.1. The second kappa shape index (κ2) is 55.8. The monoisotopic (exact) mass is 1090 g/mol. The summed E-state index contributed by atoms with van der Waals surface area (Å²) in [4.78, 5) is 37.6. The molecule has 0 saturated heterocycles.